The number of aliphatic hydroxyl groups is 1. The summed E-state index contributed by atoms with van der Waals surface area (Å²) in [6.45, 7) is 4.38. The predicted octanol–water partition coefficient (Wildman–Crippen LogP) is 0.941. The van der Waals surface area contributed by atoms with Crippen molar-refractivity contribution >= 4 is 10.0 Å². The second-order valence-corrected chi connectivity index (χ2v) is 6.85. The van der Waals surface area contributed by atoms with Crippen molar-refractivity contribution in [2.45, 2.75) is 37.3 Å². The van der Waals surface area contributed by atoms with E-state index in [0.29, 0.717) is 12.1 Å². The van der Waals surface area contributed by atoms with Crippen LogP contribution in [-0.4, -0.2) is 44.1 Å². The van der Waals surface area contributed by atoms with Crippen molar-refractivity contribution in [2.24, 2.45) is 0 Å². The third kappa shape index (κ3) is 3.58. The molecule has 1 aromatic rings. The Kier molecular flexibility index (Phi) is 5.15. The van der Waals surface area contributed by atoms with E-state index in [4.69, 9.17) is 5.11 Å². The van der Waals surface area contributed by atoms with E-state index >= 15 is 0 Å². The van der Waals surface area contributed by atoms with Gasteiger partial charge < -0.3 is 5.11 Å². The lowest BCUT2D eigenvalue weighted by molar-refractivity contribution is 0.268. The summed E-state index contributed by atoms with van der Waals surface area (Å²) in [5, 5.41) is 9.08. The molecule has 0 amide bonds. The van der Waals surface area contributed by atoms with E-state index in [9.17, 15) is 8.42 Å². The van der Waals surface area contributed by atoms with Crippen LogP contribution in [0.25, 0.3) is 0 Å². The molecule has 1 saturated heterocycles. The molecule has 1 aliphatic rings. The number of likely N-dealkylation sites (N-methyl/N-ethyl adjacent to an activating group) is 1. The molecular formula is C14H22N2O3S. The topological polar surface area (TPSA) is 69.6 Å². The summed E-state index contributed by atoms with van der Waals surface area (Å²) in [6.07, 6.45) is 2.16. The van der Waals surface area contributed by atoms with Crippen molar-refractivity contribution in [2.75, 3.05) is 19.6 Å². The maximum absolute atomic E-state index is 12.2. The first-order valence-corrected chi connectivity index (χ1v) is 8.48. The van der Waals surface area contributed by atoms with Crippen LogP contribution < -0.4 is 4.72 Å². The van der Waals surface area contributed by atoms with Gasteiger partial charge in [-0.05, 0) is 43.6 Å². The number of aliphatic hydroxyl groups excluding tert-OH is 1. The molecule has 0 radical (unpaired) electrons. The molecule has 6 heteroatoms. The first-order chi connectivity index (χ1) is 9.56. The smallest absolute Gasteiger partial charge is 0.240 e. The molecule has 1 heterocycles. The minimum atomic E-state index is -3.50. The number of benzene rings is 1. The van der Waals surface area contributed by atoms with E-state index in [1.807, 2.05) is 0 Å². The second kappa shape index (κ2) is 6.67. The van der Waals surface area contributed by atoms with Crippen LogP contribution >= 0.6 is 0 Å². The molecule has 1 aliphatic heterocycles. The number of hydrogen-bond donors (Lipinski definition) is 2. The van der Waals surface area contributed by atoms with Crippen LogP contribution in [0.4, 0.5) is 0 Å². The molecule has 0 aliphatic carbocycles. The Morgan fingerprint density at radius 3 is 2.95 bits per heavy atom. The molecule has 5 nitrogen and oxygen atoms in total. The minimum Gasteiger partial charge on any atom is -0.392 e. The molecule has 1 aromatic carbocycles. The van der Waals surface area contributed by atoms with Gasteiger partial charge in [0, 0.05) is 12.6 Å². The van der Waals surface area contributed by atoms with Gasteiger partial charge in [0.15, 0.2) is 0 Å². The maximum atomic E-state index is 12.2. The van der Waals surface area contributed by atoms with E-state index in [0.717, 1.165) is 25.9 Å². The van der Waals surface area contributed by atoms with Gasteiger partial charge in [-0.25, -0.2) is 13.1 Å². The zero-order chi connectivity index (χ0) is 14.6. The Labute approximate surface area is 120 Å². The normalized spacial score (nSPS) is 20.4. The van der Waals surface area contributed by atoms with E-state index < -0.39 is 10.0 Å². The lowest BCUT2D eigenvalue weighted by Crippen LogP contribution is -2.40. The highest BCUT2D eigenvalue weighted by Crippen LogP contribution is 2.17. The van der Waals surface area contributed by atoms with Crippen LogP contribution in [0.3, 0.4) is 0 Å². The van der Waals surface area contributed by atoms with Gasteiger partial charge >= 0.3 is 0 Å². The molecule has 1 unspecified atom stereocenters. The fraction of sp³-hybridized carbons (Fsp3) is 0.571. The molecule has 0 spiro atoms. The maximum Gasteiger partial charge on any atom is 0.240 e. The third-order valence-corrected chi connectivity index (χ3v) is 5.23. The molecule has 2 N–H and O–H groups in total. The average Bonchev–Trinajstić information content (AvgIpc) is 2.93. The summed E-state index contributed by atoms with van der Waals surface area (Å²) in [6, 6.07) is 6.70. The molecule has 0 saturated carbocycles. The van der Waals surface area contributed by atoms with E-state index in [-0.39, 0.29) is 17.5 Å². The largest absolute Gasteiger partial charge is 0.392 e. The average molecular weight is 298 g/mol. The second-order valence-electron chi connectivity index (χ2n) is 5.08. The zero-order valence-electron chi connectivity index (χ0n) is 11.7. The van der Waals surface area contributed by atoms with Crippen LogP contribution in [0.1, 0.15) is 25.3 Å². The van der Waals surface area contributed by atoms with Crippen molar-refractivity contribution in [3.8, 4) is 0 Å². The summed E-state index contributed by atoms with van der Waals surface area (Å²) in [5.41, 5.74) is 0.601. The Morgan fingerprint density at radius 1 is 1.45 bits per heavy atom. The first-order valence-electron chi connectivity index (χ1n) is 7.00. The first kappa shape index (κ1) is 15.4. The van der Waals surface area contributed by atoms with Gasteiger partial charge in [-0.2, -0.15) is 0 Å². The Bertz CT molecular complexity index is 545. The predicted molar refractivity (Wildman–Crippen MR) is 77.8 cm³/mol. The molecule has 2 rings (SSSR count). The third-order valence-electron chi connectivity index (χ3n) is 3.81. The van der Waals surface area contributed by atoms with Gasteiger partial charge in [-0.15, -0.1) is 0 Å². The SMILES string of the molecule is CCN1CCCC1CNS(=O)(=O)c1cccc(CO)c1. The summed E-state index contributed by atoms with van der Waals surface area (Å²) in [5.74, 6) is 0. The Balaban J connectivity index is 2.03. The van der Waals surface area contributed by atoms with Gasteiger partial charge in [0.05, 0.1) is 11.5 Å². The highest BCUT2D eigenvalue weighted by atomic mass is 32.2. The van der Waals surface area contributed by atoms with Crippen LogP contribution in [-0.2, 0) is 16.6 Å². The number of likely N-dealkylation sites (tertiary alicyclic amines) is 1. The summed E-state index contributed by atoms with van der Waals surface area (Å²) in [7, 11) is -3.50. The molecule has 1 atom stereocenters. The van der Waals surface area contributed by atoms with Crippen LogP contribution in [0.2, 0.25) is 0 Å². The quantitative estimate of drug-likeness (QED) is 0.820. The lowest BCUT2D eigenvalue weighted by atomic mass is 10.2. The number of hydrogen-bond acceptors (Lipinski definition) is 4. The van der Waals surface area contributed by atoms with Crippen molar-refractivity contribution in [3.63, 3.8) is 0 Å². The minimum absolute atomic E-state index is 0.157. The Hall–Kier alpha value is -0.950. The lowest BCUT2D eigenvalue weighted by Gasteiger charge is -2.22. The summed E-state index contributed by atoms with van der Waals surface area (Å²) < 4.78 is 27.2. The van der Waals surface area contributed by atoms with Gasteiger partial charge in [-0.3, -0.25) is 4.90 Å². The van der Waals surface area contributed by atoms with Gasteiger partial charge in [-0.1, -0.05) is 19.1 Å². The van der Waals surface area contributed by atoms with Crippen molar-refractivity contribution in [1.82, 2.24) is 9.62 Å². The Morgan fingerprint density at radius 2 is 2.25 bits per heavy atom. The molecule has 0 aromatic heterocycles. The number of rotatable bonds is 6. The van der Waals surface area contributed by atoms with E-state index in [1.165, 1.54) is 6.07 Å². The molecule has 20 heavy (non-hydrogen) atoms. The van der Waals surface area contributed by atoms with Gasteiger partial charge in [0.25, 0.3) is 0 Å². The number of nitrogens with one attached hydrogen (secondary N) is 1. The molecule has 1 fully saturated rings. The van der Waals surface area contributed by atoms with Crippen molar-refractivity contribution in [1.29, 1.82) is 0 Å². The van der Waals surface area contributed by atoms with Crippen LogP contribution in [0.5, 0.6) is 0 Å². The van der Waals surface area contributed by atoms with E-state index in [2.05, 4.69) is 16.5 Å². The van der Waals surface area contributed by atoms with Gasteiger partial charge in [0.2, 0.25) is 10.0 Å². The van der Waals surface area contributed by atoms with Crippen molar-refractivity contribution in [3.05, 3.63) is 29.8 Å². The molecule has 0 bridgehead atoms. The molecule has 112 valence electrons. The molecular weight excluding hydrogens is 276 g/mol. The van der Waals surface area contributed by atoms with Crippen LogP contribution in [0.15, 0.2) is 29.2 Å². The monoisotopic (exact) mass is 298 g/mol. The highest BCUT2D eigenvalue weighted by molar-refractivity contribution is 7.89. The van der Waals surface area contributed by atoms with Gasteiger partial charge in [0.1, 0.15) is 0 Å². The summed E-state index contributed by atoms with van der Waals surface area (Å²) in [4.78, 5) is 2.51. The fourth-order valence-electron chi connectivity index (χ4n) is 2.64. The van der Waals surface area contributed by atoms with Crippen LogP contribution in [0, 0.1) is 0 Å². The summed E-state index contributed by atoms with van der Waals surface area (Å²) >= 11 is 0. The van der Waals surface area contributed by atoms with Crippen molar-refractivity contribution < 1.29 is 13.5 Å². The number of nitrogens with zero attached hydrogens (tertiary/aromatic N) is 1. The fourth-order valence-corrected chi connectivity index (χ4v) is 3.79. The number of sulfonamides is 1. The van der Waals surface area contributed by atoms with E-state index in [1.54, 1.807) is 18.2 Å². The highest BCUT2D eigenvalue weighted by Gasteiger charge is 2.25. The standard InChI is InChI=1S/C14H22N2O3S/c1-2-16-8-4-6-13(16)10-15-20(18,19)14-7-3-5-12(9-14)11-17/h3,5,7,9,13,15,17H,2,4,6,8,10-11H2,1H3. The zero-order valence-corrected chi connectivity index (χ0v) is 12.6.